The molecule has 0 aliphatic heterocycles. The van der Waals surface area contributed by atoms with Gasteiger partial charge >= 0.3 is 0 Å². The van der Waals surface area contributed by atoms with E-state index in [2.05, 4.69) is 0 Å². The van der Waals surface area contributed by atoms with Crippen molar-refractivity contribution in [1.29, 1.82) is 0 Å². The van der Waals surface area contributed by atoms with Gasteiger partial charge in [-0.3, -0.25) is 0 Å². The Hall–Kier alpha value is -2.62. The van der Waals surface area contributed by atoms with Crippen LogP contribution in [0.1, 0.15) is 0 Å². The van der Waals surface area contributed by atoms with Crippen LogP contribution in [0.5, 0.6) is 17.2 Å². The minimum absolute atomic E-state index is 0.561. The Morgan fingerprint density at radius 2 is 1.57 bits per heavy atom. The summed E-state index contributed by atoms with van der Waals surface area (Å²) in [7, 11) is 4.79. The second-order valence-electron chi connectivity index (χ2n) is 4.53. The first-order valence-electron chi connectivity index (χ1n) is 6.55. The van der Waals surface area contributed by atoms with Gasteiger partial charge in [0.2, 0.25) is 5.75 Å². The molecule has 4 nitrogen and oxygen atoms in total. The Balaban J connectivity index is 2.35. The zero-order chi connectivity index (χ0) is 14.8. The summed E-state index contributed by atoms with van der Waals surface area (Å²) in [6, 6.07) is 11.8. The Morgan fingerprint density at radius 3 is 2.19 bits per heavy atom. The van der Waals surface area contributed by atoms with Crippen molar-refractivity contribution in [3.63, 3.8) is 0 Å². The van der Waals surface area contributed by atoms with Crippen LogP contribution in [0.15, 0.2) is 47.1 Å². The normalized spacial score (nSPS) is 10.6. The Bertz CT molecular complexity index is 759. The van der Waals surface area contributed by atoms with E-state index in [4.69, 9.17) is 18.6 Å². The third-order valence-electron chi connectivity index (χ3n) is 3.45. The first-order chi connectivity index (χ1) is 10.3. The van der Waals surface area contributed by atoms with E-state index >= 15 is 0 Å². The monoisotopic (exact) mass is 284 g/mol. The van der Waals surface area contributed by atoms with Crippen molar-refractivity contribution in [1.82, 2.24) is 0 Å². The highest BCUT2D eigenvalue weighted by Gasteiger charge is 2.21. The molecular weight excluding hydrogens is 268 g/mol. The van der Waals surface area contributed by atoms with Crippen LogP contribution < -0.4 is 14.2 Å². The summed E-state index contributed by atoms with van der Waals surface area (Å²) in [6.07, 6.45) is 1.72. The second kappa shape index (κ2) is 5.40. The molecule has 2 aromatic carbocycles. The molecule has 0 amide bonds. The number of rotatable bonds is 4. The van der Waals surface area contributed by atoms with Crippen LogP contribution in [-0.4, -0.2) is 21.3 Å². The molecule has 0 bridgehead atoms. The molecule has 0 atom stereocenters. The Morgan fingerprint density at radius 1 is 0.857 bits per heavy atom. The van der Waals surface area contributed by atoms with Crippen LogP contribution in [0.25, 0.3) is 22.1 Å². The van der Waals surface area contributed by atoms with Crippen LogP contribution in [0.4, 0.5) is 0 Å². The molecule has 3 aromatic rings. The molecule has 0 saturated heterocycles. The lowest BCUT2D eigenvalue weighted by molar-refractivity contribution is 0.327. The summed E-state index contributed by atoms with van der Waals surface area (Å²) in [5.41, 5.74) is 2.72. The van der Waals surface area contributed by atoms with Gasteiger partial charge in [-0.2, -0.15) is 0 Å². The van der Waals surface area contributed by atoms with Crippen LogP contribution in [0, 0.1) is 0 Å². The van der Waals surface area contributed by atoms with E-state index in [9.17, 15) is 0 Å². The number of benzene rings is 2. The largest absolute Gasteiger partial charge is 0.493 e. The average molecular weight is 284 g/mol. The minimum Gasteiger partial charge on any atom is -0.493 e. The zero-order valence-electron chi connectivity index (χ0n) is 12.2. The van der Waals surface area contributed by atoms with E-state index in [1.54, 1.807) is 27.6 Å². The number of hydrogen-bond acceptors (Lipinski definition) is 4. The van der Waals surface area contributed by atoms with Gasteiger partial charge in [-0.25, -0.2) is 0 Å². The molecule has 3 rings (SSSR count). The van der Waals surface area contributed by atoms with Crippen LogP contribution in [0.3, 0.4) is 0 Å². The molecule has 108 valence electrons. The quantitative estimate of drug-likeness (QED) is 0.722. The van der Waals surface area contributed by atoms with Gasteiger partial charge in [-0.1, -0.05) is 30.3 Å². The fourth-order valence-electron chi connectivity index (χ4n) is 2.49. The smallest absolute Gasteiger partial charge is 0.204 e. The van der Waals surface area contributed by atoms with Crippen molar-refractivity contribution in [3.05, 3.63) is 42.7 Å². The standard InChI is InChI=1S/C17H16O4/c1-18-14-9-13-15(17(20-3)16(14)19-2)12(10-21-13)11-7-5-4-6-8-11/h4-10H,1-3H3. The Labute approximate surface area is 122 Å². The molecule has 0 radical (unpaired) electrons. The van der Waals surface area contributed by atoms with Crippen molar-refractivity contribution in [3.8, 4) is 28.4 Å². The average Bonchev–Trinajstić information content (AvgIpc) is 2.97. The SMILES string of the molecule is COc1cc2occ(-c3ccccc3)c2c(OC)c1OC. The van der Waals surface area contributed by atoms with Crippen molar-refractivity contribution in [2.24, 2.45) is 0 Å². The predicted molar refractivity (Wildman–Crippen MR) is 81.3 cm³/mol. The molecule has 0 saturated carbocycles. The fourth-order valence-corrected chi connectivity index (χ4v) is 2.49. The third-order valence-corrected chi connectivity index (χ3v) is 3.45. The van der Waals surface area contributed by atoms with Gasteiger partial charge in [0.25, 0.3) is 0 Å². The third kappa shape index (κ3) is 2.09. The van der Waals surface area contributed by atoms with Gasteiger partial charge in [-0.05, 0) is 5.56 Å². The maximum atomic E-state index is 5.67. The lowest BCUT2D eigenvalue weighted by Crippen LogP contribution is -1.95. The van der Waals surface area contributed by atoms with Crippen LogP contribution in [0.2, 0.25) is 0 Å². The molecule has 0 N–H and O–H groups in total. The van der Waals surface area contributed by atoms with Crippen molar-refractivity contribution >= 4 is 11.0 Å². The summed E-state index contributed by atoms with van der Waals surface area (Å²) in [5.74, 6) is 1.75. The molecule has 0 unspecified atom stereocenters. The topological polar surface area (TPSA) is 40.8 Å². The van der Waals surface area contributed by atoms with Gasteiger partial charge in [-0.15, -0.1) is 0 Å². The molecule has 0 aliphatic rings. The summed E-state index contributed by atoms with van der Waals surface area (Å²) in [4.78, 5) is 0. The molecular formula is C17H16O4. The van der Waals surface area contributed by atoms with Gasteiger partial charge < -0.3 is 18.6 Å². The lowest BCUT2D eigenvalue weighted by atomic mass is 10.0. The lowest BCUT2D eigenvalue weighted by Gasteiger charge is -2.13. The molecule has 1 heterocycles. The van der Waals surface area contributed by atoms with Gasteiger partial charge in [0, 0.05) is 11.6 Å². The van der Waals surface area contributed by atoms with Crippen LogP contribution in [-0.2, 0) is 0 Å². The highest BCUT2D eigenvalue weighted by molar-refractivity contribution is 6.01. The molecule has 4 heteroatoms. The van der Waals surface area contributed by atoms with Crippen molar-refractivity contribution in [2.45, 2.75) is 0 Å². The number of hydrogen-bond donors (Lipinski definition) is 0. The minimum atomic E-state index is 0.561. The molecule has 0 spiro atoms. The van der Waals surface area contributed by atoms with Gasteiger partial charge in [0.1, 0.15) is 5.58 Å². The highest BCUT2D eigenvalue weighted by atomic mass is 16.5. The zero-order valence-corrected chi connectivity index (χ0v) is 12.2. The summed E-state index contributed by atoms with van der Waals surface area (Å²) < 4.78 is 22.0. The summed E-state index contributed by atoms with van der Waals surface area (Å²) in [6.45, 7) is 0. The van der Waals surface area contributed by atoms with Crippen LogP contribution >= 0.6 is 0 Å². The highest BCUT2D eigenvalue weighted by Crippen LogP contribution is 2.47. The van der Waals surface area contributed by atoms with Crippen molar-refractivity contribution < 1.29 is 18.6 Å². The first kappa shape index (κ1) is 13.4. The second-order valence-corrected chi connectivity index (χ2v) is 4.53. The van der Waals surface area contributed by atoms with Crippen molar-refractivity contribution in [2.75, 3.05) is 21.3 Å². The molecule has 1 aromatic heterocycles. The van der Waals surface area contributed by atoms with E-state index in [0.29, 0.717) is 22.8 Å². The van der Waals surface area contributed by atoms with E-state index < -0.39 is 0 Å². The summed E-state index contributed by atoms with van der Waals surface area (Å²) in [5, 5.41) is 0.876. The summed E-state index contributed by atoms with van der Waals surface area (Å²) >= 11 is 0. The number of fused-ring (bicyclic) bond motifs is 1. The number of methoxy groups -OCH3 is 3. The maximum Gasteiger partial charge on any atom is 0.204 e. The predicted octanol–water partition coefficient (Wildman–Crippen LogP) is 4.13. The maximum absolute atomic E-state index is 5.67. The van der Waals surface area contributed by atoms with E-state index in [-0.39, 0.29) is 0 Å². The van der Waals surface area contributed by atoms with Gasteiger partial charge in [0.15, 0.2) is 11.5 Å². The molecule has 0 fully saturated rings. The fraction of sp³-hybridized carbons (Fsp3) is 0.176. The van der Waals surface area contributed by atoms with E-state index in [1.807, 2.05) is 36.4 Å². The van der Waals surface area contributed by atoms with E-state index in [1.165, 1.54) is 0 Å². The molecule has 0 aliphatic carbocycles. The first-order valence-corrected chi connectivity index (χ1v) is 6.55. The number of furan rings is 1. The Kier molecular flexibility index (Phi) is 3.44. The molecule has 21 heavy (non-hydrogen) atoms. The van der Waals surface area contributed by atoms with E-state index in [0.717, 1.165) is 16.5 Å². The van der Waals surface area contributed by atoms with Gasteiger partial charge in [0.05, 0.1) is 33.0 Å². The number of ether oxygens (including phenoxy) is 3.